The van der Waals surface area contributed by atoms with Gasteiger partial charge in [-0.1, -0.05) is 11.8 Å². The molecular formula is C11H20N2O5S. The van der Waals surface area contributed by atoms with E-state index in [2.05, 4.69) is 10.6 Å². The second-order valence-electron chi connectivity index (χ2n) is 4.67. The number of carboxylic acids is 1. The van der Waals surface area contributed by atoms with E-state index in [-0.39, 0.29) is 11.0 Å². The minimum atomic E-state index is -1.22. The number of hydrogen-bond acceptors (Lipinski definition) is 5. The lowest BCUT2D eigenvalue weighted by molar-refractivity contribution is -0.138. The Morgan fingerprint density at radius 3 is 2.32 bits per heavy atom. The summed E-state index contributed by atoms with van der Waals surface area (Å²) in [5.41, 5.74) is -0.708. The van der Waals surface area contributed by atoms with Crippen molar-refractivity contribution >= 4 is 29.1 Å². The molecule has 3 N–H and O–H groups in total. The Morgan fingerprint density at radius 2 is 1.89 bits per heavy atom. The van der Waals surface area contributed by atoms with Crippen LogP contribution in [0.5, 0.6) is 0 Å². The van der Waals surface area contributed by atoms with E-state index in [9.17, 15) is 14.4 Å². The number of ether oxygens (including phenoxy) is 1. The summed E-state index contributed by atoms with van der Waals surface area (Å²) >= 11 is 0.796. The molecule has 0 aromatic carbocycles. The Hall–Kier alpha value is -1.44. The number of carbonyl (C=O) groups is 3. The zero-order valence-corrected chi connectivity index (χ0v) is 12.3. The molecule has 7 nitrogen and oxygen atoms in total. The maximum Gasteiger partial charge on any atom is 0.408 e. The van der Waals surface area contributed by atoms with Gasteiger partial charge in [0.25, 0.3) is 5.24 Å². The normalized spacial score (nSPS) is 12.4. The van der Waals surface area contributed by atoms with Gasteiger partial charge < -0.3 is 20.5 Å². The van der Waals surface area contributed by atoms with Crippen molar-refractivity contribution in [3.05, 3.63) is 0 Å². The first-order valence-corrected chi connectivity index (χ1v) is 6.77. The van der Waals surface area contributed by atoms with Gasteiger partial charge in [0.15, 0.2) is 0 Å². The van der Waals surface area contributed by atoms with Crippen molar-refractivity contribution in [2.75, 3.05) is 12.3 Å². The van der Waals surface area contributed by atoms with Gasteiger partial charge in [-0.3, -0.25) is 4.79 Å². The van der Waals surface area contributed by atoms with E-state index in [0.29, 0.717) is 6.54 Å². The van der Waals surface area contributed by atoms with Crippen LogP contribution < -0.4 is 10.6 Å². The fourth-order valence-corrected chi connectivity index (χ4v) is 1.77. The van der Waals surface area contributed by atoms with Crippen molar-refractivity contribution in [2.24, 2.45) is 0 Å². The SMILES string of the molecule is CCNC(=O)SCC(NC(=O)OC(C)(C)C)C(=O)O. The summed E-state index contributed by atoms with van der Waals surface area (Å²) < 4.78 is 4.95. The highest BCUT2D eigenvalue weighted by Gasteiger charge is 2.24. The van der Waals surface area contributed by atoms with Crippen LogP contribution in [0.2, 0.25) is 0 Å². The summed E-state index contributed by atoms with van der Waals surface area (Å²) in [4.78, 5) is 33.6. The summed E-state index contributed by atoms with van der Waals surface area (Å²) in [6, 6.07) is -1.18. The first-order chi connectivity index (χ1) is 8.65. The minimum Gasteiger partial charge on any atom is -0.480 e. The molecule has 0 fully saturated rings. The Kier molecular flexibility index (Phi) is 7.28. The molecule has 0 aliphatic heterocycles. The van der Waals surface area contributed by atoms with Crippen molar-refractivity contribution in [3.63, 3.8) is 0 Å². The molecule has 0 spiro atoms. The second kappa shape index (κ2) is 7.88. The van der Waals surface area contributed by atoms with Crippen LogP contribution in [0.4, 0.5) is 9.59 Å². The number of aliphatic carboxylic acids is 1. The van der Waals surface area contributed by atoms with Gasteiger partial charge in [0.05, 0.1) is 0 Å². The van der Waals surface area contributed by atoms with Crippen molar-refractivity contribution < 1.29 is 24.2 Å². The van der Waals surface area contributed by atoms with Crippen LogP contribution in [-0.2, 0) is 9.53 Å². The summed E-state index contributed by atoms with van der Waals surface area (Å²) in [6.45, 7) is 7.23. The molecule has 0 aliphatic carbocycles. The lowest BCUT2D eigenvalue weighted by atomic mass is 10.2. The summed E-state index contributed by atoms with van der Waals surface area (Å²) in [6.07, 6.45) is -0.823. The summed E-state index contributed by atoms with van der Waals surface area (Å²) in [5.74, 6) is -1.29. The number of amides is 2. The number of thioether (sulfide) groups is 1. The van der Waals surface area contributed by atoms with Crippen LogP contribution in [0, 0.1) is 0 Å². The van der Waals surface area contributed by atoms with Gasteiger partial charge in [-0.25, -0.2) is 9.59 Å². The molecule has 0 aliphatic rings. The van der Waals surface area contributed by atoms with E-state index < -0.39 is 23.7 Å². The second-order valence-corrected chi connectivity index (χ2v) is 5.66. The molecule has 2 amide bonds. The molecular weight excluding hydrogens is 272 g/mol. The van der Waals surface area contributed by atoms with Crippen molar-refractivity contribution in [1.29, 1.82) is 0 Å². The minimum absolute atomic E-state index is 0.0690. The molecule has 110 valence electrons. The van der Waals surface area contributed by atoms with Crippen molar-refractivity contribution in [2.45, 2.75) is 39.3 Å². The number of carbonyl (C=O) groups excluding carboxylic acids is 2. The van der Waals surface area contributed by atoms with E-state index in [1.807, 2.05) is 0 Å². The average molecular weight is 292 g/mol. The Labute approximate surface area is 116 Å². The van der Waals surface area contributed by atoms with Crippen LogP contribution in [0.15, 0.2) is 0 Å². The van der Waals surface area contributed by atoms with Gasteiger partial charge in [-0.15, -0.1) is 0 Å². The monoisotopic (exact) mass is 292 g/mol. The van der Waals surface area contributed by atoms with Crippen molar-refractivity contribution in [3.8, 4) is 0 Å². The van der Waals surface area contributed by atoms with Crippen LogP contribution in [0.3, 0.4) is 0 Å². The topological polar surface area (TPSA) is 105 Å². The maximum absolute atomic E-state index is 11.4. The van der Waals surface area contributed by atoms with E-state index in [0.717, 1.165) is 11.8 Å². The van der Waals surface area contributed by atoms with Crippen molar-refractivity contribution in [1.82, 2.24) is 10.6 Å². The van der Waals surface area contributed by atoms with E-state index in [1.165, 1.54) is 0 Å². The van der Waals surface area contributed by atoms with Gasteiger partial charge in [-0.05, 0) is 27.7 Å². The molecule has 0 aromatic rings. The molecule has 19 heavy (non-hydrogen) atoms. The van der Waals surface area contributed by atoms with Gasteiger partial charge in [0.1, 0.15) is 11.6 Å². The summed E-state index contributed by atoms with van der Waals surface area (Å²) in [7, 11) is 0. The highest BCUT2D eigenvalue weighted by Crippen LogP contribution is 2.08. The third-order valence-electron chi connectivity index (χ3n) is 1.69. The van der Waals surface area contributed by atoms with E-state index >= 15 is 0 Å². The zero-order chi connectivity index (χ0) is 15.1. The third-order valence-corrected chi connectivity index (χ3v) is 2.60. The standard InChI is InChI=1S/C11H20N2O5S/c1-5-12-10(17)19-6-7(8(14)15)13-9(16)18-11(2,3)4/h7H,5-6H2,1-4H3,(H,12,17)(H,13,16)(H,14,15). The third kappa shape index (κ3) is 9.18. The molecule has 0 radical (unpaired) electrons. The van der Waals surface area contributed by atoms with Gasteiger partial charge in [-0.2, -0.15) is 0 Å². The lowest BCUT2D eigenvalue weighted by Gasteiger charge is -2.21. The quantitative estimate of drug-likeness (QED) is 0.708. The number of carboxylic acid groups (broad SMARTS) is 1. The fourth-order valence-electron chi connectivity index (χ4n) is 0.979. The van der Waals surface area contributed by atoms with Gasteiger partial charge >= 0.3 is 12.1 Å². The highest BCUT2D eigenvalue weighted by atomic mass is 32.2. The Bertz CT molecular complexity index is 340. The number of hydrogen-bond donors (Lipinski definition) is 3. The lowest BCUT2D eigenvalue weighted by Crippen LogP contribution is -2.45. The molecule has 0 heterocycles. The van der Waals surface area contributed by atoms with Crippen LogP contribution >= 0.6 is 11.8 Å². The van der Waals surface area contributed by atoms with Crippen LogP contribution in [0.1, 0.15) is 27.7 Å². The maximum atomic E-state index is 11.4. The first-order valence-electron chi connectivity index (χ1n) is 5.78. The Balaban J connectivity index is 4.31. The average Bonchev–Trinajstić information content (AvgIpc) is 2.21. The molecule has 0 bridgehead atoms. The number of alkyl carbamates (subject to hydrolysis) is 1. The molecule has 1 atom stereocenters. The molecule has 0 saturated heterocycles. The molecule has 1 unspecified atom stereocenters. The van der Waals surface area contributed by atoms with Gasteiger partial charge in [0.2, 0.25) is 0 Å². The fraction of sp³-hybridized carbons (Fsp3) is 0.727. The highest BCUT2D eigenvalue weighted by molar-refractivity contribution is 8.13. The first kappa shape index (κ1) is 17.6. The van der Waals surface area contributed by atoms with Crippen LogP contribution in [0.25, 0.3) is 0 Å². The number of nitrogens with one attached hydrogen (secondary N) is 2. The van der Waals surface area contributed by atoms with E-state index in [4.69, 9.17) is 9.84 Å². The van der Waals surface area contributed by atoms with Gasteiger partial charge in [0, 0.05) is 12.3 Å². The largest absolute Gasteiger partial charge is 0.480 e. The van der Waals surface area contributed by atoms with Crippen LogP contribution in [-0.4, -0.2) is 46.3 Å². The molecule has 0 rings (SSSR count). The molecule has 0 saturated carbocycles. The zero-order valence-electron chi connectivity index (χ0n) is 11.5. The smallest absolute Gasteiger partial charge is 0.408 e. The predicted octanol–water partition coefficient (Wildman–Crippen LogP) is 1.43. The summed E-state index contributed by atoms with van der Waals surface area (Å²) in [5, 5.41) is 13.3. The molecule has 0 aromatic heterocycles. The number of rotatable bonds is 5. The molecule has 8 heteroatoms. The Morgan fingerprint density at radius 1 is 1.32 bits per heavy atom. The van der Waals surface area contributed by atoms with E-state index in [1.54, 1.807) is 27.7 Å². The predicted molar refractivity (Wildman–Crippen MR) is 72.3 cm³/mol.